The number of aliphatic carboxylic acids is 1. The SMILES string of the molecule is CCCC(NCc1cccc(OC)c1)C(=O)O. The van der Waals surface area contributed by atoms with Crippen LogP contribution in [0, 0.1) is 0 Å². The molecule has 0 bridgehead atoms. The van der Waals surface area contributed by atoms with Gasteiger partial charge in [-0.05, 0) is 24.1 Å². The summed E-state index contributed by atoms with van der Waals surface area (Å²) in [5, 5.41) is 12.0. The third kappa shape index (κ3) is 4.44. The zero-order valence-corrected chi connectivity index (χ0v) is 10.3. The second-order valence-corrected chi connectivity index (χ2v) is 3.91. The van der Waals surface area contributed by atoms with E-state index in [0.717, 1.165) is 17.7 Å². The number of methoxy groups -OCH3 is 1. The summed E-state index contributed by atoms with van der Waals surface area (Å²) in [6.45, 7) is 2.51. The molecule has 0 radical (unpaired) electrons. The van der Waals surface area contributed by atoms with E-state index in [1.807, 2.05) is 31.2 Å². The summed E-state index contributed by atoms with van der Waals surface area (Å²) in [5.74, 6) is -0.0126. The third-order valence-corrected chi connectivity index (χ3v) is 2.56. The number of rotatable bonds is 7. The average Bonchev–Trinajstić information content (AvgIpc) is 2.34. The Bertz CT molecular complexity index is 365. The van der Waals surface area contributed by atoms with Crippen LogP contribution in [0.2, 0.25) is 0 Å². The van der Waals surface area contributed by atoms with Crippen molar-refractivity contribution in [2.45, 2.75) is 32.4 Å². The molecule has 4 heteroatoms. The summed E-state index contributed by atoms with van der Waals surface area (Å²) in [6.07, 6.45) is 1.49. The molecule has 0 fully saturated rings. The van der Waals surface area contributed by atoms with Crippen molar-refractivity contribution in [3.05, 3.63) is 29.8 Å². The van der Waals surface area contributed by atoms with Gasteiger partial charge in [0.1, 0.15) is 11.8 Å². The standard InChI is InChI=1S/C13H19NO3/c1-3-5-12(13(15)16)14-9-10-6-4-7-11(8-10)17-2/h4,6-8,12,14H,3,5,9H2,1-2H3,(H,15,16). The van der Waals surface area contributed by atoms with Crippen molar-refractivity contribution in [2.75, 3.05) is 7.11 Å². The van der Waals surface area contributed by atoms with E-state index in [9.17, 15) is 4.79 Å². The molecular formula is C13H19NO3. The lowest BCUT2D eigenvalue weighted by molar-refractivity contribution is -0.139. The monoisotopic (exact) mass is 237 g/mol. The molecule has 1 rings (SSSR count). The van der Waals surface area contributed by atoms with Crippen molar-refractivity contribution >= 4 is 5.97 Å². The first kappa shape index (κ1) is 13.5. The molecule has 0 heterocycles. The number of ether oxygens (including phenoxy) is 1. The first-order chi connectivity index (χ1) is 8.17. The van der Waals surface area contributed by atoms with Gasteiger partial charge in [0.25, 0.3) is 0 Å². The number of hydrogen-bond donors (Lipinski definition) is 2. The molecule has 0 saturated carbocycles. The maximum absolute atomic E-state index is 10.9. The Labute approximate surface area is 102 Å². The Balaban J connectivity index is 2.55. The van der Waals surface area contributed by atoms with E-state index >= 15 is 0 Å². The predicted octanol–water partition coefficient (Wildman–Crippen LogP) is 2.04. The molecule has 1 atom stereocenters. The number of hydrogen-bond acceptors (Lipinski definition) is 3. The van der Waals surface area contributed by atoms with E-state index in [1.54, 1.807) is 7.11 Å². The molecule has 4 nitrogen and oxygen atoms in total. The molecule has 0 aliphatic heterocycles. The van der Waals surface area contributed by atoms with Crippen LogP contribution in [0.1, 0.15) is 25.3 Å². The number of benzene rings is 1. The highest BCUT2D eigenvalue weighted by atomic mass is 16.5. The van der Waals surface area contributed by atoms with Gasteiger partial charge in [0.05, 0.1) is 7.11 Å². The fourth-order valence-electron chi connectivity index (χ4n) is 1.62. The average molecular weight is 237 g/mol. The van der Waals surface area contributed by atoms with Crippen molar-refractivity contribution in [3.63, 3.8) is 0 Å². The highest BCUT2D eigenvalue weighted by Gasteiger charge is 2.14. The van der Waals surface area contributed by atoms with Crippen LogP contribution in [0.15, 0.2) is 24.3 Å². The number of carboxylic acids is 1. The van der Waals surface area contributed by atoms with Gasteiger partial charge in [0, 0.05) is 6.54 Å². The maximum Gasteiger partial charge on any atom is 0.320 e. The van der Waals surface area contributed by atoms with E-state index in [-0.39, 0.29) is 0 Å². The minimum atomic E-state index is -0.797. The Morgan fingerprint density at radius 2 is 2.29 bits per heavy atom. The van der Waals surface area contributed by atoms with Gasteiger partial charge in [-0.25, -0.2) is 0 Å². The molecule has 1 aromatic rings. The van der Waals surface area contributed by atoms with Crippen LogP contribution in [-0.2, 0) is 11.3 Å². The summed E-state index contributed by atoms with van der Waals surface area (Å²) in [5.41, 5.74) is 1.02. The van der Waals surface area contributed by atoms with Crippen molar-refractivity contribution in [3.8, 4) is 5.75 Å². The van der Waals surface area contributed by atoms with Crippen LogP contribution in [0.3, 0.4) is 0 Å². The van der Waals surface area contributed by atoms with Gasteiger partial charge in [-0.3, -0.25) is 4.79 Å². The summed E-state index contributed by atoms with van der Waals surface area (Å²) < 4.78 is 5.11. The minimum absolute atomic E-state index is 0.480. The molecule has 0 aliphatic carbocycles. The zero-order valence-electron chi connectivity index (χ0n) is 10.3. The van der Waals surface area contributed by atoms with Crippen molar-refractivity contribution in [2.24, 2.45) is 0 Å². The Morgan fingerprint density at radius 3 is 2.88 bits per heavy atom. The van der Waals surface area contributed by atoms with E-state index in [1.165, 1.54) is 0 Å². The number of nitrogens with one attached hydrogen (secondary N) is 1. The zero-order chi connectivity index (χ0) is 12.7. The molecule has 0 saturated heterocycles. The fraction of sp³-hybridized carbons (Fsp3) is 0.462. The first-order valence-electron chi connectivity index (χ1n) is 5.76. The summed E-state index contributed by atoms with van der Waals surface area (Å²) in [4.78, 5) is 10.9. The van der Waals surface area contributed by atoms with Gasteiger partial charge < -0.3 is 15.2 Å². The van der Waals surface area contributed by atoms with Crippen LogP contribution in [0.4, 0.5) is 0 Å². The quantitative estimate of drug-likeness (QED) is 0.762. The van der Waals surface area contributed by atoms with Crippen LogP contribution in [0.25, 0.3) is 0 Å². The van der Waals surface area contributed by atoms with Crippen LogP contribution >= 0.6 is 0 Å². The molecular weight excluding hydrogens is 218 g/mol. The van der Waals surface area contributed by atoms with Crippen molar-refractivity contribution in [1.82, 2.24) is 5.32 Å². The molecule has 94 valence electrons. The van der Waals surface area contributed by atoms with E-state index < -0.39 is 12.0 Å². The molecule has 1 aromatic carbocycles. The molecule has 2 N–H and O–H groups in total. The highest BCUT2D eigenvalue weighted by molar-refractivity contribution is 5.73. The Kier molecular flexibility index (Phi) is 5.49. The second-order valence-electron chi connectivity index (χ2n) is 3.91. The smallest absolute Gasteiger partial charge is 0.320 e. The van der Waals surface area contributed by atoms with E-state index in [2.05, 4.69) is 5.32 Å². The fourth-order valence-corrected chi connectivity index (χ4v) is 1.62. The molecule has 0 spiro atoms. The van der Waals surface area contributed by atoms with Crippen LogP contribution in [0.5, 0.6) is 5.75 Å². The maximum atomic E-state index is 10.9. The molecule has 17 heavy (non-hydrogen) atoms. The lowest BCUT2D eigenvalue weighted by atomic mass is 10.1. The van der Waals surface area contributed by atoms with Gasteiger partial charge >= 0.3 is 5.97 Å². The second kappa shape index (κ2) is 6.91. The van der Waals surface area contributed by atoms with Gasteiger partial charge in [-0.2, -0.15) is 0 Å². The summed E-state index contributed by atoms with van der Waals surface area (Å²) >= 11 is 0. The lowest BCUT2D eigenvalue weighted by Gasteiger charge is -2.13. The normalized spacial score (nSPS) is 12.1. The Hall–Kier alpha value is -1.55. The largest absolute Gasteiger partial charge is 0.497 e. The summed E-state index contributed by atoms with van der Waals surface area (Å²) in [7, 11) is 1.61. The van der Waals surface area contributed by atoms with Gasteiger partial charge in [0.15, 0.2) is 0 Å². The predicted molar refractivity (Wildman–Crippen MR) is 66.2 cm³/mol. The van der Waals surface area contributed by atoms with Crippen molar-refractivity contribution in [1.29, 1.82) is 0 Å². The topological polar surface area (TPSA) is 58.6 Å². The minimum Gasteiger partial charge on any atom is -0.497 e. The van der Waals surface area contributed by atoms with E-state index in [0.29, 0.717) is 13.0 Å². The van der Waals surface area contributed by atoms with Gasteiger partial charge in [0.2, 0.25) is 0 Å². The number of carboxylic acid groups (broad SMARTS) is 1. The van der Waals surface area contributed by atoms with Crippen LogP contribution in [-0.4, -0.2) is 24.2 Å². The first-order valence-corrected chi connectivity index (χ1v) is 5.76. The lowest BCUT2D eigenvalue weighted by Crippen LogP contribution is -2.35. The highest BCUT2D eigenvalue weighted by Crippen LogP contribution is 2.12. The Morgan fingerprint density at radius 1 is 1.53 bits per heavy atom. The van der Waals surface area contributed by atoms with E-state index in [4.69, 9.17) is 9.84 Å². The summed E-state index contributed by atoms with van der Waals surface area (Å²) in [6, 6.07) is 7.12. The van der Waals surface area contributed by atoms with Crippen molar-refractivity contribution < 1.29 is 14.6 Å². The molecule has 1 unspecified atom stereocenters. The van der Waals surface area contributed by atoms with Crippen LogP contribution < -0.4 is 10.1 Å². The molecule has 0 amide bonds. The number of carbonyl (C=O) groups is 1. The molecule has 0 aliphatic rings. The van der Waals surface area contributed by atoms with Gasteiger partial charge in [-0.1, -0.05) is 25.5 Å². The van der Waals surface area contributed by atoms with Gasteiger partial charge in [-0.15, -0.1) is 0 Å². The molecule has 0 aromatic heterocycles. The third-order valence-electron chi connectivity index (χ3n) is 2.56.